The number of aromatic nitrogens is 2. The molecule has 0 aromatic carbocycles. The van der Waals surface area contributed by atoms with Gasteiger partial charge in [0.25, 0.3) is 0 Å². The molecule has 3 N–H and O–H groups in total. The van der Waals surface area contributed by atoms with Crippen molar-refractivity contribution in [3.8, 4) is 0 Å². The molecule has 1 aromatic rings. The van der Waals surface area contributed by atoms with Crippen molar-refractivity contribution in [3.63, 3.8) is 0 Å². The van der Waals surface area contributed by atoms with E-state index in [9.17, 15) is 0 Å². The van der Waals surface area contributed by atoms with Gasteiger partial charge in [-0.1, -0.05) is 0 Å². The minimum atomic E-state index is -1.25. The molecule has 5 nitrogen and oxygen atoms in total. The van der Waals surface area contributed by atoms with Crippen LogP contribution in [-0.2, 0) is 0 Å². The molecule has 0 saturated heterocycles. The van der Waals surface area contributed by atoms with Crippen LogP contribution in [0.4, 0.5) is 0 Å². The van der Waals surface area contributed by atoms with Crippen LogP contribution in [0.5, 0.6) is 0 Å². The standard InChI is InChI=1S/C3H4N2.BHO2.Mg.H2O/c1-2-4-5-3-1;2-1-3;;/h1-3H,(H,4,5);1H;;1H2/q;-2;+2;. The van der Waals surface area contributed by atoms with Crippen LogP contribution >= 0.6 is 0 Å². The van der Waals surface area contributed by atoms with E-state index in [1.54, 1.807) is 12.4 Å². The second-order valence-corrected chi connectivity index (χ2v) is 0.884. The van der Waals surface area contributed by atoms with E-state index < -0.39 is 7.69 Å². The number of hydrogen-bond acceptors (Lipinski definition) is 3. The molecular formula is C3H7BMgN2O3. The third-order valence-electron chi connectivity index (χ3n) is 0.406. The fourth-order valence-corrected chi connectivity index (χ4v) is 0.215. The summed E-state index contributed by atoms with van der Waals surface area (Å²) >= 11 is 0. The van der Waals surface area contributed by atoms with Gasteiger partial charge in [0.15, 0.2) is 0 Å². The summed E-state index contributed by atoms with van der Waals surface area (Å²) in [5.74, 6) is 0. The molecule has 0 bridgehead atoms. The van der Waals surface area contributed by atoms with Crippen molar-refractivity contribution in [2.75, 3.05) is 0 Å². The van der Waals surface area contributed by atoms with Crippen LogP contribution in [0.15, 0.2) is 18.5 Å². The van der Waals surface area contributed by atoms with Gasteiger partial charge in [0.1, 0.15) is 0 Å². The molecule has 0 aliphatic rings. The molecule has 0 amide bonds. The van der Waals surface area contributed by atoms with Crippen molar-refractivity contribution in [2.24, 2.45) is 0 Å². The Hall–Kier alpha value is -0.0788. The van der Waals surface area contributed by atoms with E-state index in [-0.39, 0.29) is 28.5 Å². The summed E-state index contributed by atoms with van der Waals surface area (Å²) in [5, 5.41) is 23.0. The zero-order chi connectivity index (χ0) is 6.24. The Morgan fingerprint density at radius 2 is 1.90 bits per heavy atom. The number of hydrogen-bond donors (Lipinski definition) is 1. The summed E-state index contributed by atoms with van der Waals surface area (Å²) in [5.41, 5.74) is 0. The number of nitrogens with zero attached hydrogens (tertiary/aromatic N) is 1. The first-order chi connectivity index (χ1) is 3.91. The Balaban J connectivity index is -0.0000000900. The number of H-pyrrole nitrogens is 1. The summed E-state index contributed by atoms with van der Waals surface area (Å²) in [6, 6.07) is 1.83. The summed E-state index contributed by atoms with van der Waals surface area (Å²) < 4.78 is 0. The summed E-state index contributed by atoms with van der Waals surface area (Å²) in [7, 11) is -1.25. The summed E-state index contributed by atoms with van der Waals surface area (Å²) in [6.45, 7) is 0. The molecule has 0 radical (unpaired) electrons. The maximum Gasteiger partial charge on any atom is 2.00 e. The van der Waals surface area contributed by atoms with Gasteiger partial charge in [0.05, 0.1) is 0 Å². The molecule has 0 unspecified atom stereocenters. The molecule has 0 saturated carbocycles. The van der Waals surface area contributed by atoms with Gasteiger partial charge >= 0.3 is 23.1 Å². The van der Waals surface area contributed by atoms with Gasteiger partial charge in [-0.3, -0.25) is 5.10 Å². The van der Waals surface area contributed by atoms with Crippen LogP contribution < -0.4 is 10.0 Å². The number of aromatic amines is 1. The van der Waals surface area contributed by atoms with Crippen molar-refractivity contribution >= 4 is 30.7 Å². The van der Waals surface area contributed by atoms with Gasteiger partial charge in [0.2, 0.25) is 0 Å². The first kappa shape index (κ1) is 16.5. The Kier molecular flexibility index (Phi) is 26.3. The van der Waals surface area contributed by atoms with E-state index in [0.29, 0.717) is 0 Å². The molecular weight excluding hydrogens is 147 g/mol. The van der Waals surface area contributed by atoms with Crippen molar-refractivity contribution in [2.45, 2.75) is 0 Å². The van der Waals surface area contributed by atoms with Crippen molar-refractivity contribution in [3.05, 3.63) is 18.5 Å². The van der Waals surface area contributed by atoms with Gasteiger partial charge in [-0.25, -0.2) is 0 Å². The van der Waals surface area contributed by atoms with E-state index in [1.165, 1.54) is 0 Å². The van der Waals surface area contributed by atoms with E-state index in [2.05, 4.69) is 10.2 Å². The SMILES string of the molecule is O.[Mg+2].[O-]B[O-].c1cn[nH]c1. The van der Waals surface area contributed by atoms with Crippen molar-refractivity contribution < 1.29 is 15.5 Å². The molecule has 0 atom stereocenters. The number of nitrogens with one attached hydrogen (secondary N) is 1. The fraction of sp³-hybridized carbons (Fsp3) is 0. The molecule has 52 valence electrons. The van der Waals surface area contributed by atoms with Crippen molar-refractivity contribution in [1.82, 2.24) is 10.2 Å². The monoisotopic (exact) mass is 154 g/mol. The van der Waals surface area contributed by atoms with E-state index in [4.69, 9.17) is 10.0 Å². The second kappa shape index (κ2) is 16.0. The van der Waals surface area contributed by atoms with Crippen LogP contribution in [0.3, 0.4) is 0 Å². The topological polar surface area (TPSA) is 106 Å². The van der Waals surface area contributed by atoms with Gasteiger partial charge in [-0.2, -0.15) is 5.10 Å². The summed E-state index contributed by atoms with van der Waals surface area (Å²) in [4.78, 5) is 0. The molecule has 10 heavy (non-hydrogen) atoms. The molecule has 0 fully saturated rings. The van der Waals surface area contributed by atoms with Gasteiger partial charge in [0, 0.05) is 12.4 Å². The molecule has 0 aliphatic carbocycles. The van der Waals surface area contributed by atoms with Crippen LogP contribution in [0.2, 0.25) is 0 Å². The largest absolute Gasteiger partial charge is 2.00 e. The third kappa shape index (κ3) is 15.7. The van der Waals surface area contributed by atoms with Gasteiger partial charge in [-0.15, -0.1) is 7.69 Å². The van der Waals surface area contributed by atoms with Gasteiger partial charge in [-0.05, 0) is 6.07 Å². The number of rotatable bonds is 0. The Morgan fingerprint density at radius 1 is 1.40 bits per heavy atom. The smallest absolute Gasteiger partial charge is 0.896 e. The molecule has 0 spiro atoms. The first-order valence-electron chi connectivity index (χ1n) is 2.01. The quantitative estimate of drug-likeness (QED) is 0.387. The van der Waals surface area contributed by atoms with E-state index in [1.807, 2.05) is 6.07 Å². The Bertz CT molecular complexity index is 88.6. The molecule has 1 rings (SSSR count). The van der Waals surface area contributed by atoms with Gasteiger partial charge < -0.3 is 15.5 Å². The zero-order valence-corrected chi connectivity index (χ0v) is 6.82. The van der Waals surface area contributed by atoms with Crippen LogP contribution in [0.25, 0.3) is 0 Å². The fourth-order valence-electron chi connectivity index (χ4n) is 0.215. The Labute approximate surface area is 75.2 Å². The second-order valence-electron chi connectivity index (χ2n) is 0.884. The normalized spacial score (nSPS) is 5.40. The maximum absolute atomic E-state index is 8.38. The minimum Gasteiger partial charge on any atom is -0.896 e. The van der Waals surface area contributed by atoms with Crippen LogP contribution in [-0.4, -0.2) is 46.4 Å². The predicted molar refractivity (Wildman–Crippen MR) is 35.1 cm³/mol. The van der Waals surface area contributed by atoms with E-state index in [0.717, 1.165) is 0 Å². The maximum atomic E-state index is 8.38. The molecule has 1 aromatic heterocycles. The van der Waals surface area contributed by atoms with Crippen molar-refractivity contribution in [1.29, 1.82) is 0 Å². The van der Waals surface area contributed by atoms with E-state index >= 15 is 0 Å². The molecule has 1 heterocycles. The Morgan fingerprint density at radius 3 is 2.00 bits per heavy atom. The molecule has 0 aliphatic heterocycles. The molecule has 7 heteroatoms. The predicted octanol–water partition coefficient (Wildman–Crippen LogP) is -3.82. The summed E-state index contributed by atoms with van der Waals surface area (Å²) in [6.07, 6.45) is 3.46. The average molecular weight is 154 g/mol. The zero-order valence-electron chi connectivity index (χ0n) is 5.41. The minimum absolute atomic E-state index is 0. The van der Waals surface area contributed by atoms with Crippen LogP contribution in [0, 0.1) is 0 Å². The first-order valence-corrected chi connectivity index (χ1v) is 2.01. The van der Waals surface area contributed by atoms with Crippen LogP contribution in [0.1, 0.15) is 0 Å². The average Bonchev–Trinajstić information content (AvgIpc) is 2.17. The third-order valence-corrected chi connectivity index (χ3v) is 0.406.